The molecule has 1 heterocycles. The molecule has 4 heteroatoms. The third-order valence-electron chi connectivity index (χ3n) is 3.61. The summed E-state index contributed by atoms with van der Waals surface area (Å²) >= 11 is 0. The van der Waals surface area contributed by atoms with Gasteiger partial charge >= 0.3 is 0 Å². The van der Waals surface area contributed by atoms with E-state index < -0.39 is 0 Å². The van der Waals surface area contributed by atoms with Crippen LogP contribution in [-0.2, 0) is 13.0 Å². The highest BCUT2D eigenvalue weighted by molar-refractivity contribution is 5.27. The van der Waals surface area contributed by atoms with Crippen molar-refractivity contribution in [3.8, 4) is 5.75 Å². The Labute approximate surface area is 139 Å². The summed E-state index contributed by atoms with van der Waals surface area (Å²) in [5.41, 5.74) is 8.37. The molecule has 0 atom stereocenters. The molecule has 1 aromatic carbocycles. The predicted octanol–water partition coefficient (Wildman–Crippen LogP) is 2.87. The fourth-order valence-electron chi connectivity index (χ4n) is 2.60. The lowest BCUT2D eigenvalue weighted by Gasteiger charge is -2.30. The highest BCUT2D eigenvalue weighted by Gasteiger charge is 2.17. The van der Waals surface area contributed by atoms with E-state index >= 15 is 0 Å². The molecule has 2 rings (SSSR count). The highest BCUT2D eigenvalue weighted by Crippen LogP contribution is 2.14. The van der Waals surface area contributed by atoms with Gasteiger partial charge in [0.05, 0.1) is 7.11 Å². The van der Waals surface area contributed by atoms with Crippen molar-refractivity contribution in [1.29, 1.82) is 0 Å². The van der Waals surface area contributed by atoms with Gasteiger partial charge in [0.15, 0.2) is 0 Å². The number of aromatic nitrogens is 1. The van der Waals surface area contributed by atoms with Gasteiger partial charge in [-0.25, -0.2) is 0 Å². The zero-order valence-electron chi connectivity index (χ0n) is 14.3. The first kappa shape index (κ1) is 17.4. The summed E-state index contributed by atoms with van der Waals surface area (Å²) in [5, 5.41) is 0. The molecule has 124 valence electrons. The lowest BCUT2D eigenvalue weighted by atomic mass is 10.1. The van der Waals surface area contributed by atoms with Crippen LogP contribution in [-0.4, -0.2) is 35.6 Å². The van der Waals surface area contributed by atoms with Crippen molar-refractivity contribution in [2.24, 2.45) is 5.73 Å². The van der Waals surface area contributed by atoms with Crippen molar-refractivity contribution in [2.75, 3.05) is 20.2 Å². The van der Waals surface area contributed by atoms with Crippen LogP contribution >= 0.6 is 0 Å². The zero-order valence-corrected chi connectivity index (χ0v) is 14.3. The number of methoxy groups -OCH3 is 1. The summed E-state index contributed by atoms with van der Waals surface area (Å²) in [5.74, 6) is 0.882. The Morgan fingerprint density at radius 1 is 1.13 bits per heavy atom. The Hall–Kier alpha value is -1.91. The maximum Gasteiger partial charge on any atom is 0.118 e. The molecular weight excluding hydrogens is 286 g/mol. The SMILES string of the molecule is COc1ccc(CN(CCc2ccccn2)CC(C)(C)N)cc1. The summed E-state index contributed by atoms with van der Waals surface area (Å²) in [6, 6.07) is 14.3. The topological polar surface area (TPSA) is 51.4 Å². The summed E-state index contributed by atoms with van der Waals surface area (Å²) in [7, 11) is 1.69. The van der Waals surface area contributed by atoms with E-state index in [0.717, 1.165) is 37.5 Å². The first-order valence-electron chi connectivity index (χ1n) is 8.00. The molecule has 0 amide bonds. The van der Waals surface area contributed by atoms with Crippen LogP contribution in [0.4, 0.5) is 0 Å². The molecule has 0 saturated heterocycles. The van der Waals surface area contributed by atoms with E-state index in [1.807, 2.05) is 30.5 Å². The molecule has 2 N–H and O–H groups in total. The Morgan fingerprint density at radius 3 is 2.43 bits per heavy atom. The minimum Gasteiger partial charge on any atom is -0.497 e. The molecule has 0 fully saturated rings. The predicted molar refractivity (Wildman–Crippen MR) is 94.5 cm³/mol. The van der Waals surface area contributed by atoms with Crippen LogP contribution in [0.5, 0.6) is 5.75 Å². The molecule has 0 aliphatic carbocycles. The maximum atomic E-state index is 6.23. The number of pyridine rings is 1. The summed E-state index contributed by atoms with van der Waals surface area (Å²) < 4.78 is 5.22. The van der Waals surface area contributed by atoms with Gasteiger partial charge in [-0.3, -0.25) is 9.88 Å². The fraction of sp³-hybridized carbons (Fsp3) is 0.421. The van der Waals surface area contributed by atoms with E-state index in [1.54, 1.807) is 7.11 Å². The van der Waals surface area contributed by atoms with Gasteiger partial charge in [-0.1, -0.05) is 18.2 Å². The summed E-state index contributed by atoms with van der Waals surface area (Å²) in [6.07, 6.45) is 2.77. The van der Waals surface area contributed by atoms with Crippen molar-refractivity contribution >= 4 is 0 Å². The second-order valence-electron chi connectivity index (χ2n) is 6.62. The Kier molecular flexibility index (Phi) is 6.13. The standard InChI is InChI=1S/C19H27N3O/c1-19(2,20)15-22(13-11-17-6-4-5-12-21-17)14-16-7-9-18(23-3)10-8-16/h4-10,12H,11,13-15,20H2,1-3H3. The molecule has 23 heavy (non-hydrogen) atoms. The van der Waals surface area contributed by atoms with Crippen LogP contribution < -0.4 is 10.5 Å². The second kappa shape index (κ2) is 8.09. The van der Waals surface area contributed by atoms with E-state index in [2.05, 4.69) is 41.9 Å². The number of ether oxygens (including phenoxy) is 1. The van der Waals surface area contributed by atoms with Crippen LogP contribution in [0.25, 0.3) is 0 Å². The number of nitrogens with two attached hydrogens (primary N) is 1. The van der Waals surface area contributed by atoms with Gasteiger partial charge in [0, 0.05) is 43.5 Å². The van der Waals surface area contributed by atoms with Crippen LogP contribution in [0.3, 0.4) is 0 Å². The molecule has 1 aromatic heterocycles. The molecular formula is C19H27N3O. The first-order valence-corrected chi connectivity index (χ1v) is 8.00. The summed E-state index contributed by atoms with van der Waals surface area (Å²) in [4.78, 5) is 6.79. The Bertz CT molecular complexity index is 576. The quantitative estimate of drug-likeness (QED) is 0.814. The van der Waals surface area contributed by atoms with Gasteiger partial charge in [-0.2, -0.15) is 0 Å². The van der Waals surface area contributed by atoms with E-state index in [1.165, 1.54) is 5.56 Å². The molecule has 0 saturated carbocycles. The largest absolute Gasteiger partial charge is 0.497 e. The third kappa shape index (κ3) is 6.38. The van der Waals surface area contributed by atoms with Crippen LogP contribution in [0, 0.1) is 0 Å². The van der Waals surface area contributed by atoms with Gasteiger partial charge in [0.25, 0.3) is 0 Å². The number of hydrogen-bond acceptors (Lipinski definition) is 4. The van der Waals surface area contributed by atoms with Crippen molar-refractivity contribution in [3.05, 3.63) is 59.9 Å². The molecule has 0 aliphatic heterocycles. The zero-order chi connectivity index (χ0) is 16.7. The minimum atomic E-state index is -0.226. The highest BCUT2D eigenvalue weighted by atomic mass is 16.5. The van der Waals surface area contributed by atoms with E-state index in [0.29, 0.717) is 0 Å². The molecule has 4 nitrogen and oxygen atoms in total. The van der Waals surface area contributed by atoms with Crippen LogP contribution in [0.2, 0.25) is 0 Å². The van der Waals surface area contributed by atoms with E-state index in [9.17, 15) is 0 Å². The van der Waals surface area contributed by atoms with Gasteiger partial charge in [0.2, 0.25) is 0 Å². The number of hydrogen-bond donors (Lipinski definition) is 1. The number of nitrogens with zero attached hydrogens (tertiary/aromatic N) is 2. The summed E-state index contributed by atoms with van der Waals surface area (Å²) in [6.45, 7) is 6.77. The molecule has 2 aromatic rings. The van der Waals surface area contributed by atoms with E-state index in [-0.39, 0.29) is 5.54 Å². The van der Waals surface area contributed by atoms with Gasteiger partial charge in [0.1, 0.15) is 5.75 Å². The number of benzene rings is 1. The second-order valence-corrected chi connectivity index (χ2v) is 6.62. The van der Waals surface area contributed by atoms with Crippen molar-refractivity contribution in [3.63, 3.8) is 0 Å². The average Bonchev–Trinajstić information content (AvgIpc) is 2.53. The molecule has 0 unspecified atom stereocenters. The number of rotatable bonds is 8. The molecule has 0 radical (unpaired) electrons. The van der Waals surface area contributed by atoms with Gasteiger partial charge in [-0.15, -0.1) is 0 Å². The lowest BCUT2D eigenvalue weighted by molar-refractivity contribution is 0.219. The van der Waals surface area contributed by atoms with Crippen molar-refractivity contribution in [1.82, 2.24) is 9.88 Å². The third-order valence-corrected chi connectivity index (χ3v) is 3.61. The van der Waals surface area contributed by atoms with Gasteiger partial charge in [-0.05, 0) is 43.7 Å². The smallest absolute Gasteiger partial charge is 0.118 e. The van der Waals surface area contributed by atoms with E-state index in [4.69, 9.17) is 10.5 Å². The first-order chi connectivity index (χ1) is 11.0. The molecule has 0 spiro atoms. The maximum absolute atomic E-state index is 6.23. The van der Waals surface area contributed by atoms with Crippen LogP contribution in [0.15, 0.2) is 48.7 Å². The van der Waals surface area contributed by atoms with Crippen LogP contribution in [0.1, 0.15) is 25.1 Å². The monoisotopic (exact) mass is 313 g/mol. The molecule has 0 aliphatic rings. The fourth-order valence-corrected chi connectivity index (χ4v) is 2.60. The van der Waals surface area contributed by atoms with Gasteiger partial charge < -0.3 is 10.5 Å². The Morgan fingerprint density at radius 2 is 1.87 bits per heavy atom. The Balaban J connectivity index is 2.00. The van der Waals surface area contributed by atoms with Crippen molar-refractivity contribution < 1.29 is 4.74 Å². The average molecular weight is 313 g/mol. The minimum absolute atomic E-state index is 0.226. The van der Waals surface area contributed by atoms with Crippen molar-refractivity contribution in [2.45, 2.75) is 32.4 Å². The lowest BCUT2D eigenvalue weighted by Crippen LogP contribution is -2.45. The molecule has 0 bridgehead atoms. The normalized spacial score (nSPS) is 11.7.